The summed E-state index contributed by atoms with van der Waals surface area (Å²) in [6.45, 7) is 1.91. The van der Waals surface area contributed by atoms with Crippen LogP contribution in [-0.2, 0) is 16.4 Å². The van der Waals surface area contributed by atoms with Gasteiger partial charge in [0, 0.05) is 11.9 Å². The lowest BCUT2D eigenvalue weighted by Gasteiger charge is -2.01. The van der Waals surface area contributed by atoms with E-state index in [2.05, 4.69) is 5.10 Å². The van der Waals surface area contributed by atoms with E-state index in [1.54, 1.807) is 24.4 Å². The van der Waals surface area contributed by atoms with Crippen molar-refractivity contribution in [2.75, 3.05) is 11.5 Å². The SMILES string of the molecule is CCCS(=O)(=O)CCn1nc2ccccn2c1=O. The number of sulfone groups is 1. The van der Waals surface area contributed by atoms with Crippen LogP contribution < -0.4 is 5.69 Å². The zero-order valence-corrected chi connectivity index (χ0v) is 10.9. The van der Waals surface area contributed by atoms with Crippen LogP contribution in [-0.4, -0.2) is 34.1 Å². The van der Waals surface area contributed by atoms with Crippen LogP contribution in [0.2, 0.25) is 0 Å². The van der Waals surface area contributed by atoms with Gasteiger partial charge in [0.15, 0.2) is 15.5 Å². The number of aromatic nitrogens is 3. The van der Waals surface area contributed by atoms with Crippen molar-refractivity contribution in [2.24, 2.45) is 0 Å². The summed E-state index contributed by atoms with van der Waals surface area (Å²) in [5.41, 5.74) is 0.215. The molecule has 0 unspecified atom stereocenters. The monoisotopic (exact) mass is 269 g/mol. The molecule has 0 radical (unpaired) electrons. The minimum atomic E-state index is -3.09. The second kappa shape index (κ2) is 4.93. The fourth-order valence-corrected chi connectivity index (χ4v) is 3.03. The van der Waals surface area contributed by atoms with Crippen molar-refractivity contribution in [3.05, 3.63) is 34.9 Å². The lowest BCUT2D eigenvalue weighted by Crippen LogP contribution is -2.25. The van der Waals surface area contributed by atoms with Crippen molar-refractivity contribution in [1.29, 1.82) is 0 Å². The smallest absolute Gasteiger partial charge is 0.250 e. The van der Waals surface area contributed by atoms with Crippen LogP contribution >= 0.6 is 0 Å². The number of rotatable bonds is 5. The zero-order chi connectivity index (χ0) is 13.2. The van der Waals surface area contributed by atoms with Crippen LogP contribution in [0, 0.1) is 0 Å². The van der Waals surface area contributed by atoms with Gasteiger partial charge in [-0.3, -0.25) is 4.40 Å². The van der Waals surface area contributed by atoms with Crippen LogP contribution in [0.4, 0.5) is 0 Å². The molecule has 0 fully saturated rings. The average molecular weight is 269 g/mol. The van der Waals surface area contributed by atoms with E-state index in [1.165, 1.54) is 9.08 Å². The van der Waals surface area contributed by atoms with Crippen LogP contribution in [0.25, 0.3) is 5.65 Å². The Kier molecular flexibility index (Phi) is 3.51. The Bertz CT molecular complexity index is 700. The predicted molar refractivity (Wildman–Crippen MR) is 68.4 cm³/mol. The van der Waals surface area contributed by atoms with Gasteiger partial charge < -0.3 is 0 Å². The van der Waals surface area contributed by atoms with Gasteiger partial charge in [-0.1, -0.05) is 13.0 Å². The Hall–Kier alpha value is -1.63. The van der Waals surface area contributed by atoms with Gasteiger partial charge in [0.05, 0.1) is 12.3 Å². The minimum Gasteiger partial charge on any atom is -0.250 e. The molecule has 0 bridgehead atoms. The second-order valence-corrected chi connectivity index (χ2v) is 6.39. The lowest BCUT2D eigenvalue weighted by atomic mass is 10.5. The molecule has 7 heteroatoms. The van der Waals surface area contributed by atoms with Gasteiger partial charge in [-0.2, -0.15) is 0 Å². The van der Waals surface area contributed by atoms with E-state index < -0.39 is 9.84 Å². The summed E-state index contributed by atoms with van der Waals surface area (Å²) in [6, 6.07) is 5.21. The van der Waals surface area contributed by atoms with E-state index in [-0.39, 0.29) is 23.7 Å². The maximum absolute atomic E-state index is 11.9. The molecule has 0 saturated heterocycles. The number of nitrogens with zero attached hydrogens (tertiary/aromatic N) is 3. The van der Waals surface area contributed by atoms with Crippen molar-refractivity contribution >= 4 is 15.5 Å². The van der Waals surface area contributed by atoms with Crippen molar-refractivity contribution in [2.45, 2.75) is 19.9 Å². The fraction of sp³-hybridized carbons (Fsp3) is 0.455. The molecule has 98 valence electrons. The lowest BCUT2D eigenvalue weighted by molar-refractivity contribution is 0.574. The maximum Gasteiger partial charge on any atom is 0.350 e. The molecular formula is C11H15N3O3S. The molecule has 0 aromatic carbocycles. The van der Waals surface area contributed by atoms with Gasteiger partial charge in [0.2, 0.25) is 0 Å². The summed E-state index contributed by atoms with van der Waals surface area (Å²) in [7, 11) is -3.09. The maximum atomic E-state index is 11.9. The van der Waals surface area contributed by atoms with Crippen LogP contribution in [0.15, 0.2) is 29.2 Å². The first-order valence-corrected chi connectivity index (χ1v) is 7.60. The van der Waals surface area contributed by atoms with Gasteiger partial charge in [-0.15, -0.1) is 5.10 Å². The molecule has 2 heterocycles. The molecule has 18 heavy (non-hydrogen) atoms. The standard InChI is InChI=1S/C11H15N3O3S/c1-2-8-18(16,17)9-7-14-11(15)13-6-4-3-5-10(13)12-14/h3-6H,2,7-9H2,1H3. The number of pyridine rings is 1. The van der Waals surface area contributed by atoms with E-state index in [9.17, 15) is 13.2 Å². The highest BCUT2D eigenvalue weighted by Gasteiger charge is 2.12. The summed E-state index contributed by atoms with van der Waals surface area (Å²) >= 11 is 0. The predicted octanol–water partition coefficient (Wildman–Crippen LogP) is 0.321. The Labute approximate surface area is 105 Å². The first-order valence-electron chi connectivity index (χ1n) is 5.78. The summed E-state index contributed by atoms with van der Waals surface area (Å²) < 4.78 is 25.8. The molecule has 0 aliphatic rings. The topological polar surface area (TPSA) is 73.4 Å². The third kappa shape index (κ3) is 2.61. The molecule has 0 atom stereocenters. The fourth-order valence-electron chi connectivity index (χ4n) is 1.75. The largest absolute Gasteiger partial charge is 0.350 e. The van der Waals surface area contributed by atoms with Gasteiger partial charge in [-0.25, -0.2) is 17.9 Å². The average Bonchev–Trinajstić information content (AvgIpc) is 2.65. The van der Waals surface area contributed by atoms with Crippen LogP contribution in [0.1, 0.15) is 13.3 Å². The van der Waals surface area contributed by atoms with Gasteiger partial charge >= 0.3 is 5.69 Å². The van der Waals surface area contributed by atoms with Crippen molar-refractivity contribution < 1.29 is 8.42 Å². The van der Waals surface area contributed by atoms with Crippen molar-refractivity contribution in [3.63, 3.8) is 0 Å². The first-order chi connectivity index (χ1) is 8.53. The highest BCUT2D eigenvalue weighted by atomic mass is 32.2. The van der Waals surface area contributed by atoms with E-state index in [0.717, 1.165) is 0 Å². The molecule has 2 aromatic heterocycles. The molecule has 2 aromatic rings. The Morgan fingerprint density at radius 3 is 2.72 bits per heavy atom. The summed E-state index contributed by atoms with van der Waals surface area (Å²) in [5, 5.41) is 4.08. The zero-order valence-electron chi connectivity index (χ0n) is 10.1. The Morgan fingerprint density at radius 1 is 1.28 bits per heavy atom. The number of hydrogen-bond donors (Lipinski definition) is 0. The highest BCUT2D eigenvalue weighted by molar-refractivity contribution is 7.91. The molecule has 6 nitrogen and oxygen atoms in total. The number of fused-ring (bicyclic) bond motifs is 1. The minimum absolute atomic E-state index is 0.0510. The van der Waals surface area contributed by atoms with E-state index in [0.29, 0.717) is 12.1 Å². The third-order valence-corrected chi connectivity index (χ3v) is 4.45. The number of aryl methyl sites for hydroxylation is 1. The Balaban J connectivity index is 2.23. The van der Waals surface area contributed by atoms with Gasteiger partial charge in [0.25, 0.3) is 0 Å². The summed E-state index contributed by atoms with van der Waals surface area (Å²) in [4.78, 5) is 11.9. The molecular weight excluding hydrogens is 254 g/mol. The summed E-state index contributed by atoms with van der Waals surface area (Å²) in [6.07, 6.45) is 2.20. The van der Waals surface area contributed by atoms with Gasteiger partial charge in [0.1, 0.15) is 0 Å². The quantitative estimate of drug-likeness (QED) is 0.783. The van der Waals surface area contributed by atoms with Crippen molar-refractivity contribution in [3.8, 4) is 0 Å². The second-order valence-electron chi connectivity index (χ2n) is 4.09. The molecule has 2 rings (SSSR count). The van der Waals surface area contributed by atoms with Gasteiger partial charge in [-0.05, 0) is 18.6 Å². The highest BCUT2D eigenvalue weighted by Crippen LogP contribution is 1.98. The van der Waals surface area contributed by atoms with Crippen molar-refractivity contribution in [1.82, 2.24) is 14.2 Å². The molecule has 0 amide bonds. The third-order valence-electron chi connectivity index (χ3n) is 2.62. The number of hydrogen-bond acceptors (Lipinski definition) is 4. The van der Waals surface area contributed by atoms with Crippen LogP contribution in [0.5, 0.6) is 0 Å². The molecule has 0 aliphatic heterocycles. The Morgan fingerprint density at radius 2 is 2.06 bits per heavy atom. The normalized spacial score (nSPS) is 12.1. The molecule has 0 aliphatic carbocycles. The van der Waals surface area contributed by atoms with E-state index in [4.69, 9.17) is 0 Å². The molecule has 0 spiro atoms. The molecule has 0 saturated carbocycles. The van der Waals surface area contributed by atoms with Crippen LogP contribution in [0.3, 0.4) is 0 Å². The summed E-state index contributed by atoms with van der Waals surface area (Å²) in [5.74, 6) is 0.0970. The molecule has 0 N–H and O–H groups in total. The first kappa shape index (κ1) is 12.8. The van der Waals surface area contributed by atoms with E-state index in [1.807, 2.05) is 6.92 Å². The van der Waals surface area contributed by atoms with E-state index >= 15 is 0 Å².